The second kappa shape index (κ2) is 6.19. The molecule has 0 aliphatic carbocycles. The van der Waals surface area contributed by atoms with Crippen LogP contribution in [0.5, 0.6) is 0 Å². The van der Waals surface area contributed by atoms with E-state index in [9.17, 15) is 4.79 Å². The maximum Gasteiger partial charge on any atom is 0.252 e. The Morgan fingerprint density at radius 1 is 1.44 bits per heavy atom. The van der Waals surface area contributed by atoms with Gasteiger partial charge in [0, 0.05) is 16.3 Å². The number of aromatic nitrogens is 2. The van der Waals surface area contributed by atoms with Crippen molar-refractivity contribution in [3.05, 3.63) is 50.8 Å². The molecule has 2 aromatic rings. The van der Waals surface area contributed by atoms with E-state index in [1.807, 2.05) is 24.3 Å². The summed E-state index contributed by atoms with van der Waals surface area (Å²) in [5, 5.41) is 7.48. The van der Waals surface area contributed by atoms with Crippen LogP contribution in [-0.2, 0) is 6.54 Å². The van der Waals surface area contributed by atoms with Crippen molar-refractivity contribution in [1.82, 2.24) is 15.1 Å². The van der Waals surface area contributed by atoms with Crippen LogP contribution in [0.4, 0.5) is 0 Å². The number of rotatable bonds is 4. The topological polar surface area (TPSA) is 46.9 Å². The van der Waals surface area contributed by atoms with Crippen LogP contribution in [0.15, 0.2) is 36.7 Å². The molecule has 0 atom stereocenters. The molecule has 1 aromatic heterocycles. The molecule has 1 heterocycles. The number of amides is 1. The van der Waals surface area contributed by atoms with Gasteiger partial charge in [0.05, 0.1) is 23.3 Å². The first-order valence-corrected chi connectivity index (χ1v) is 6.83. The fourth-order valence-electron chi connectivity index (χ4n) is 1.49. The molecule has 18 heavy (non-hydrogen) atoms. The van der Waals surface area contributed by atoms with E-state index in [0.717, 1.165) is 3.57 Å². The third kappa shape index (κ3) is 3.46. The zero-order valence-electron chi connectivity index (χ0n) is 9.44. The van der Waals surface area contributed by atoms with Gasteiger partial charge in [0.25, 0.3) is 5.91 Å². The third-order valence-corrected chi connectivity index (χ3v) is 3.48. The Bertz CT molecular complexity index is 556. The van der Waals surface area contributed by atoms with Gasteiger partial charge in [0.2, 0.25) is 0 Å². The molecule has 0 saturated carbocycles. The van der Waals surface area contributed by atoms with Crippen molar-refractivity contribution in [2.45, 2.75) is 6.54 Å². The lowest BCUT2D eigenvalue weighted by molar-refractivity contribution is 0.0951. The normalized spacial score (nSPS) is 10.3. The van der Waals surface area contributed by atoms with E-state index >= 15 is 0 Å². The maximum absolute atomic E-state index is 11.9. The van der Waals surface area contributed by atoms with Gasteiger partial charge in [-0.05, 0) is 34.7 Å². The number of carbonyl (C=O) groups excluding carboxylic acids is 1. The first-order valence-electron chi connectivity index (χ1n) is 5.37. The lowest BCUT2D eigenvalue weighted by Crippen LogP contribution is -2.27. The fraction of sp³-hybridized carbons (Fsp3) is 0.167. The molecular weight excluding hydrogens is 365 g/mol. The Labute approximate surface area is 123 Å². The SMILES string of the molecule is O=C(NCCn1cc(Cl)cn1)c1ccccc1I. The number of benzene rings is 1. The molecule has 0 saturated heterocycles. The molecule has 4 nitrogen and oxygen atoms in total. The summed E-state index contributed by atoms with van der Waals surface area (Å²) >= 11 is 7.89. The van der Waals surface area contributed by atoms with Crippen LogP contribution in [0.1, 0.15) is 10.4 Å². The Morgan fingerprint density at radius 2 is 2.22 bits per heavy atom. The molecule has 0 unspecified atom stereocenters. The Morgan fingerprint density at radius 3 is 2.89 bits per heavy atom. The lowest BCUT2D eigenvalue weighted by atomic mass is 10.2. The highest BCUT2D eigenvalue weighted by atomic mass is 127. The summed E-state index contributed by atoms with van der Waals surface area (Å²) in [6.07, 6.45) is 3.30. The minimum Gasteiger partial charge on any atom is -0.350 e. The number of hydrogen-bond acceptors (Lipinski definition) is 2. The molecule has 0 bridgehead atoms. The van der Waals surface area contributed by atoms with Gasteiger partial charge in [-0.25, -0.2) is 0 Å². The van der Waals surface area contributed by atoms with Crippen molar-refractivity contribution in [1.29, 1.82) is 0 Å². The Kier molecular flexibility index (Phi) is 4.60. The summed E-state index contributed by atoms with van der Waals surface area (Å²) < 4.78 is 2.63. The van der Waals surface area contributed by atoms with E-state index in [1.165, 1.54) is 0 Å². The summed E-state index contributed by atoms with van der Waals surface area (Å²) in [5.74, 6) is -0.0711. The first-order chi connectivity index (χ1) is 8.66. The summed E-state index contributed by atoms with van der Waals surface area (Å²) in [6.45, 7) is 1.11. The lowest BCUT2D eigenvalue weighted by Gasteiger charge is -2.06. The predicted molar refractivity (Wildman–Crippen MR) is 78.7 cm³/mol. The standard InChI is InChI=1S/C12H11ClIN3O/c13-9-7-16-17(8-9)6-5-15-12(18)10-3-1-2-4-11(10)14/h1-4,7-8H,5-6H2,(H,15,18). The number of hydrogen-bond donors (Lipinski definition) is 1. The fourth-order valence-corrected chi connectivity index (χ4v) is 2.27. The quantitative estimate of drug-likeness (QED) is 0.835. The minimum absolute atomic E-state index is 0.0711. The van der Waals surface area contributed by atoms with E-state index < -0.39 is 0 Å². The summed E-state index contributed by atoms with van der Waals surface area (Å²) in [7, 11) is 0. The molecule has 0 fully saturated rings. The van der Waals surface area contributed by atoms with E-state index in [-0.39, 0.29) is 5.91 Å². The predicted octanol–water partition coefficient (Wildman–Crippen LogP) is 2.57. The highest BCUT2D eigenvalue weighted by molar-refractivity contribution is 14.1. The van der Waals surface area contributed by atoms with Gasteiger partial charge in [-0.2, -0.15) is 5.10 Å². The molecular formula is C12H11ClIN3O. The van der Waals surface area contributed by atoms with Crippen LogP contribution in [0.3, 0.4) is 0 Å². The molecule has 0 aliphatic rings. The van der Waals surface area contributed by atoms with Crippen molar-refractivity contribution >= 4 is 40.1 Å². The van der Waals surface area contributed by atoms with Crippen LogP contribution >= 0.6 is 34.2 Å². The smallest absolute Gasteiger partial charge is 0.252 e. The van der Waals surface area contributed by atoms with E-state index in [4.69, 9.17) is 11.6 Å². The van der Waals surface area contributed by atoms with Gasteiger partial charge < -0.3 is 5.32 Å². The molecule has 0 radical (unpaired) electrons. The van der Waals surface area contributed by atoms with Crippen LogP contribution in [-0.4, -0.2) is 22.2 Å². The van der Waals surface area contributed by atoms with Gasteiger partial charge in [0.1, 0.15) is 0 Å². The largest absolute Gasteiger partial charge is 0.350 e. The summed E-state index contributed by atoms with van der Waals surface area (Å²) in [4.78, 5) is 11.9. The highest BCUT2D eigenvalue weighted by Crippen LogP contribution is 2.10. The van der Waals surface area contributed by atoms with Crippen LogP contribution in [0.2, 0.25) is 5.02 Å². The van der Waals surface area contributed by atoms with Crippen LogP contribution < -0.4 is 5.32 Å². The minimum atomic E-state index is -0.0711. The second-order valence-electron chi connectivity index (χ2n) is 3.66. The molecule has 0 spiro atoms. The molecule has 2 rings (SSSR count). The molecule has 1 amide bonds. The molecule has 0 aliphatic heterocycles. The number of nitrogens with one attached hydrogen (secondary N) is 1. The number of nitrogens with zero attached hydrogens (tertiary/aromatic N) is 2. The Balaban J connectivity index is 1.87. The van der Waals surface area contributed by atoms with Crippen molar-refractivity contribution in [3.8, 4) is 0 Å². The molecule has 1 aromatic carbocycles. The zero-order valence-corrected chi connectivity index (χ0v) is 12.4. The van der Waals surface area contributed by atoms with Crippen molar-refractivity contribution < 1.29 is 4.79 Å². The number of carbonyl (C=O) groups is 1. The van der Waals surface area contributed by atoms with E-state index in [2.05, 4.69) is 33.0 Å². The summed E-state index contributed by atoms with van der Waals surface area (Å²) in [6, 6.07) is 7.47. The van der Waals surface area contributed by atoms with Gasteiger partial charge in [-0.3, -0.25) is 9.48 Å². The van der Waals surface area contributed by atoms with E-state index in [1.54, 1.807) is 17.1 Å². The van der Waals surface area contributed by atoms with Gasteiger partial charge >= 0.3 is 0 Å². The molecule has 1 N–H and O–H groups in total. The average Bonchev–Trinajstić information content (AvgIpc) is 2.75. The third-order valence-electron chi connectivity index (χ3n) is 2.35. The maximum atomic E-state index is 11.9. The van der Waals surface area contributed by atoms with Gasteiger partial charge in [-0.15, -0.1) is 0 Å². The highest BCUT2D eigenvalue weighted by Gasteiger charge is 2.08. The van der Waals surface area contributed by atoms with Gasteiger partial charge in [0.15, 0.2) is 0 Å². The second-order valence-corrected chi connectivity index (χ2v) is 5.26. The zero-order chi connectivity index (χ0) is 13.0. The van der Waals surface area contributed by atoms with Crippen LogP contribution in [0, 0.1) is 3.57 Å². The van der Waals surface area contributed by atoms with Crippen molar-refractivity contribution in [3.63, 3.8) is 0 Å². The van der Waals surface area contributed by atoms with Gasteiger partial charge in [-0.1, -0.05) is 23.7 Å². The molecule has 6 heteroatoms. The van der Waals surface area contributed by atoms with Crippen LogP contribution in [0.25, 0.3) is 0 Å². The van der Waals surface area contributed by atoms with E-state index in [0.29, 0.717) is 23.7 Å². The van der Waals surface area contributed by atoms with Crippen molar-refractivity contribution in [2.24, 2.45) is 0 Å². The Hall–Kier alpha value is -1.08. The first kappa shape index (κ1) is 13.4. The van der Waals surface area contributed by atoms with Crippen molar-refractivity contribution in [2.75, 3.05) is 6.54 Å². The molecule has 94 valence electrons. The summed E-state index contributed by atoms with van der Waals surface area (Å²) in [5.41, 5.74) is 0.691. The monoisotopic (exact) mass is 375 g/mol. The number of halogens is 2. The average molecular weight is 376 g/mol.